The summed E-state index contributed by atoms with van der Waals surface area (Å²) in [5.74, 6) is 0.389. The lowest BCUT2D eigenvalue weighted by molar-refractivity contribution is 0.796. The first-order valence-corrected chi connectivity index (χ1v) is 3.10. The zero-order valence-electron chi connectivity index (χ0n) is 6.33. The van der Waals surface area contributed by atoms with Crippen LogP contribution in [0.5, 0.6) is 0 Å². The third kappa shape index (κ3) is 1.28. The molecular formula is C5H9N5O. The third-order valence-corrected chi connectivity index (χ3v) is 1.20. The van der Waals surface area contributed by atoms with Gasteiger partial charge in [0, 0.05) is 14.1 Å². The van der Waals surface area contributed by atoms with Gasteiger partial charge in [-0.25, -0.2) is 0 Å². The van der Waals surface area contributed by atoms with E-state index in [0.29, 0.717) is 5.95 Å². The lowest BCUT2D eigenvalue weighted by Crippen LogP contribution is -2.29. The first kappa shape index (κ1) is 7.52. The summed E-state index contributed by atoms with van der Waals surface area (Å²) in [6, 6.07) is 0. The number of rotatable bonds is 2. The number of anilines is 1. The van der Waals surface area contributed by atoms with Gasteiger partial charge >= 0.3 is 0 Å². The molecule has 0 saturated carbocycles. The molecule has 60 valence electrons. The minimum Gasteiger partial charge on any atom is -0.356 e. The average Bonchev–Trinajstić information content (AvgIpc) is 2.04. The van der Waals surface area contributed by atoms with E-state index in [2.05, 4.69) is 20.9 Å². The number of hydrogen-bond donors (Lipinski definition) is 2. The van der Waals surface area contributed by atoms with Gasteiger partial charge in [0.1, 0.15) is 6.20 Å². The average molecular weight is 155 g/mol. The summed E-state index contributed by atoms with van der Waals surface area (Å²) in [4.78, 5) is 11.0. The molecule has 0 spiro atoms. The molecule has 0 saturated heterocycles. The molecule has 1 aromatic rings. The second-order valence-electron chi connectivity index (χ2n) is 1.82. The maximum Gasteiger partial charge on any atom is 0.292 e. The quantitative estimate of drug-likeness (QED) is 0.564. The van der Waals surface area contributed by atoms with Gasteiger partial charge in [0.25, 0.3) is 5.56 Å². The van der Waals surface area contributed by atoms with Crippen molar-refractivity contribution in [3.05, 3.63) is 16.6 Å². The van der Waals surface area contributed by atoms with Crippen molar-refractivity contribution < 1.29 is 0 Å². The van der Waals surface area contributed by atoms with Crippen LogP contribution in [0.2, 0.25) is 0 Å². The Morgan fingerprint density at radius 1 is 1.55 bits per heavy atom. The summed E-state index contributed by atoms with van der Waals surface area (Å²) in [6.07, 6.45) is 1.14. The molecule has 2 N–H and O–H groups in total. The molecule has 0 unspecified atom stereocenters. The van der Waals surface area contributed by atoms with E-state index in [1.807, 2.05) is 0 Å². The molecule has 0 aliphatic rings. The largest absolute Gasteiger partial charge is 0.356 e. The van der Waals surface area contributed by atoms with Crippen LogP contribution in [-0.4, -0.2) is 29.0 Å². The molecule has 0 amide bonds. The molecule has 1 rings (SSSR count). The second kappa shape index (κ2) is 3.00. The van der Waals surface area contributed by atoms with Crippen LogP contribution in [0.15, 0.2) is 11.0 Å². The Hall–Kier alpha value is -1.59. The van der Waals surface area contributed by atoms with Gasteiger partial charge in [0.15, 0.2) is 0 Å². The Morgan fingerprint density at radius 2 is 2.27 bits per heavy atom. The van der Waals surface area contributed by atoms with Crippen LogP contribution >= 0.6 is 0 Å². The Morgan fingerprint density at radius 3 is 2.73 bits per heavy atom. The summed E-state index contributed by atoms with van der Waals surface area (Å²) in [6.45, 7) is 0. The van der Waals surface area contributed by atoms with Crippen molar-refractivity contribution in [2.24, 2.45) is 0 Å². The molecule has 6 heteroatoms. The molecule has 1 heterocycles. The van der Waals surface area contributed by atoms with Crippen LogP contribution < -0.4 is 16.3 Å². The first-order valence-electron chi connectivity index (χ1n) is 3.10. The number of nitrogens with one attached hydrogen (secondary N) is 2. The van der Waals surface area contributed by atoms with Gasteiger partial charge in [-0.3, -0.25) is 4.79 Å². The molecule has 0 bridgehead atoms. The molecule has 11 heavy (non-hydrogen) atoms. The van der Waals surface area contributed by atoms with Crippen molar-refractivity contribution in [2.75, 3.05) is 24.8 Å². The standard InChI is InChI=1S/C5H9N5O/c1-6-5-9-8-3-4(11)10(5)7-2/h3,7H,1-2H3,(H,6,9). The highest BCUT2D eigenvalue weighted by Gasteiger charge is 1.99. The van der Waals surface area contributed by atoms with Gasteiger partial charge in [-0.1, -0.05) is 0 Å². The lowest BCUT2D eigenvalue weighted by atomic mass is 10.8. The minimum atomic E-state index is -0.244. The summed E-state index contributed by atoms with van der Waals surface area (Å²) < 4.78 is 1.26. The van der Waals surface area contributed by atoms with E-state index in [4.69, 9.17) is 0 Å². The Kier molecular flexibility index (Phi) is 2.05. The van der Waals surface area contributed by atoms with E-state index >= 15 is 0 Å². The summed E-state index contributed by atoms with van der Waals surface area (Å²) in [5.41, 5.74) is 2.41. The maximum atomic E-state index is 11.0. The predicted octanol–water partition coefficient (Wildman–Crippen LogP) is -1.15. The van der Waals surface area contributed by atoms with Crippen molar-refractivity contribution in [3.63, 3.8) is 0 Å². The molecular weight excluding hydrogens is 146 g/mol. The second-order valence-corrected chi connectivity index (χ2v) is 1.82. The van der Waals surface area contributed by atoms with Crippen LogP contribution in [0.4, 0.5) is 5.95 Å². The van der Waals surface area contributed by atoms with Crippen molar-refractivity contribution in [3.8, 4) is 0 Å². The van der Waals surface area contributed by atoms with Gasteiger partial charge in [-0.2, -0.15) is 4.68 Å². The topological polar surface area (TPSA) is 71.8 Å². The van der Waals surface area contributed by atoms with Crippen molar-refractivity contribution in [2.45, 2.75) is 0 Å². The smallest absolute Gasteiger partial charge is 0.292 e. The highest BCUT2D eigenvalue weighted by atomic mass is 16.1. The number of nitrogens with zero attached hydrogens (tertiary/aromatic N) is 3. The van der Waals surface area contributed by atoms with Gasteiger partial charge in [0.05, 0.1) is 0 Å². The number of hydrogen-bond acceptors (Lipinski definition) is 5. The van der Waals surface area contributed by atoms with Crippen LogP contribution in [0, 0.1) is 0 Å². The highest BCUT2D eigenvalue weighted by Crippen LogP contribution is 1.89. The van der Waals surface area contributed by atoms with Gasteiger partial charge < -0.3 is 10.7 Å². The van der Waals surface area contributed by atoms with Crippen LogP contribution in [0.25, 0.3) is 0 Å². The molecule has 0 aliphatic carbocycles. The first-order chi connectivity index (χ1) is 5.29. The van der Waals surface area contributed by atoms with Gasteiger partial charge in [-0.05, 0) is 0 Å². The monoisotopic (exact) mass is 155 g/mol. The molecule has 0 aliphatic heterocycles. The predicted molar refractivity (Wildman–Crippen MR) is 41.1 cm³/mol. The maximum absolute atomic E-state index is 11.0. The molecule has 0 aromatic carbocycles. The molecule has 6 nitrogen and oxygen atoms in total. The van der Waals surface area contributed by atoms with E-state index in [-0.39, 0.29) is 5.56 Å². The van der Waals surface area contributed by atoms with E-state index < -0.39 is 0 Å². The Bertz CT molecular complexity index is 293. The fourth-order valence-corrected chi connectivity index (χ4v) is 0.718. The molecule has 0 radical (unpaired) electrons. The third-order valence-electron chi connectivity index (χ3n) is 1.20. The van der Waals surface area contributed by atoms with Crippen LogP contribution in [-0.2, 0) is 0 Å². The summed E-state index contributed by atoms with van der Waals surface area (Å²) in [5, 5.41) is 9.86. The van der Waals surface area contributed by atoms with Crippen LogP contribution in [0.3, 0.4) is 0 Å². The zero-order chi connectivity index (χ0) is 8.27. The van der Waals surface area contributed by atoms with Gasteiger partial charge in [0.2, 0.25) is 5.95 Å². The van der Waals surface area contributed by atoms with Crippen molar-refractivity contribution in [1.29, 1.82) is 0 Å². The lowest BCUT2D eigenvalue weighted by Gasteiger charge is -2.06. The Labute approximate surface area is 63.2 Å². The molecule has 1 aromatic heterocycles. The van der Waals surface area contributed by atoms with Crippen LogP contribution in [0.1, 0.15) is 0 Å². The van der Waals surface area contributed by atoms with E-state index in [1.165, 1.54) is 4.68 Å². The molecule has 0 atom stereocenters. The SMILES string of the molecule is CNc1nncc(=O)n1NC. The fourth-order valence-electron chi connectivity index (χ4n) is 0.718. The highest BCUT2D eigenvalue weighted by molar-refractivity contribution is 5.22. The summed E-state index contributed by atoms with van der Waals surface area (Å²) in [7, 11) is 3.29. The van der Waals surface area contributed by atoms with E-state index in [1.54, 1.807) is 14.1 Å². The normalized spacial score (nSPS) is 9.27. The van der Waals surface area contributed by atoms with Crippen molar-refractivity contribution in [1.82, 2.24) is 14.9 Å². The minimum absolute atomic E-state index is 0.244. The fraction of sp³-hybridized carbons (Fsp3) is 0.400. The number of aromatic nitrogens is 3. The van der Waals surface area contributed by atoms with Crippen molar-refractivity contribution >= 4 is 5.95 Å². The van der Waals surface area contributed by atoms with Gasteiger partial charge in [-0.15, -0.1) is 10.2 Å². The van der Waals surface area contributed by atoms with E-state index in [9.17, 15) is 4.79 Å². The zero-order valence-corrected chi connectivity index (χ0v) is 6.33. The van der Waals surface area contributed by atoms with E-state index in [0.717, 1.165) is 6.20 Å². The molecule has 0 fully saturated rings. The summed E-state index contributed by atoms with van der Waals surface area (Å²) >= 11 is 0. The Balaban J connectivity index is 3.24.